The summed E-state index contributed by atoms with van der Waals surface area (Å²) in [5, 5.41) is 14.3. The predicted molar refractivity (Wildman–Crippen MR) is 156 cm³/mol. The van der Waals surface area contributed by atoms with E-state index in [9.17, 15) is 0 Å². The molecule has 172 valence electrons. The standard InChI is InChI=1S/C35H27N/c1-22-10-16-27(17-11-22)36-33-21-20-28(30-8-3-4-9-31(30)33)23(2)29-18-14-26-13-12-24-6-5-7-25-15-19-32(29)35(26)34(24)25/h3-21,23,36H,1-2H3. The zero-order valence-electron chi connectivity index (χ0n) is 20.5. The highest BCUT2D eigenvalue weighted by molar-refractivity contribution is 6.23. The molecule has 0 bridgehead atoms. The number of hydrogen-bond acceptors (Lipinski definition) is 1. The van der Waals surface area contributed by atoms with Crippen molar-refractivity contribution in [3.05, 3.63) is 132 Å². The summed E-state index contributed by atoms with van der Waals surface area (Å²) in [6, 6.07) is 42.3. The molecule has 7 aromatic carbocycles. The molecule has 1 atom stereocenters. The minimum absolute atomic E-state index is 0.257. The molecule has 0 amide bonds. The predicted octanol–water partition coefficient (Wildman–Crippen LogP) is 9.94. The molecule has 0 saturated carbocycles. The van der Waals surface area contributed by atoms with Crippen molar-refractivity contribution in [2.45, 2.75) is 19.8 Å². The number of anilines is 2. The fraction of sp³-hybridized carbons (Fsp3) is 0.0857. The molecule has 1 unspecified atom stereocenters. The number of nitrogens with one attached hydrogen (secondary N) is 1. The van der Waals surface area contributed by atoms with Gasteiger partial charge in [-0.1, -0.05) is 110 Å². The number of hydrogen-bond donors (Lipinski definition) is 1. The van der Waals surface area contributed by atoms with Gasteiger partial charge in [0.05, 0.1) is 0 Å². The van der Waals surface area contributed by atoms with E-state index in [1.165, 1.54) is 59.8 Å². The van der Waals surface area contributed by atoms with Gasteiger partial charge in [0.2, 0.25) is 0 Å². The van der Waals surface area contributed by atoms with E-state index in [1.54, 1.807) is 0 Å². The molecule has 0 aromatic heterocycles. The van der Waals surface area contributed by atoms with E-state index in [0.717, 1.165) is 11.4 Å². The topological polar surface area (TPSA) is 12.0 Å². The summed E-state index contributed by atoms with van der Waals surface area (Å²) < 4.78 is 0. The summed E-state index contributed by atoms with van der Waals surface area (Å²) >= 11 is 0. The van der Waals surface area contributed by atoms with Gasteiger partial charge < -0.3 is 5.32 Å². The Hall–Kier alpha value is -4.36. The maximum absolute atomic E-state index is 3.64. The monoisotopic (exact) mass is 461 g/mol. The summed E-state index contributed by atoms with van der Waals surface area (Å²) in [6.07, 6.45) is 0. The fourth-order valence-corrected chi connectivity index (χ4v) is 5.90. The number of aryl methyl sites for hydroxylation is 1. The van der Waals surface area contributed by atoms with Crippen LogP contribution in [-0.2, 0) is 0 Å². The fourth-order valence-electron chi connectivity index (χ4n) is 5.90. The van der Waals surface area contributed by atoms with Crippen LogP contribution in [-0.4, -0.2) is 0 Å². The first kappa shape index (κ1) is 21.0. The quantitative estimate of drug-likeness (QED) is 0.257. The third-order valence-corrected chi connectivity index (χ3v) is 7.78. The van der Waals surface area contributed by atoms with Gasteiger partial charge in [-0.15, -0.1) is 0 Å². The zero-order chi connectivity index (χ0) is 24.2. The Morgan fingerprint density at radius 2 is 1.11 bits per heavy atom. The molecule has 0 saturated heterocycles. The molecule has 0 heterocycles. The molecule has 0 aliphatic rings. The Kier molecular flexibility index (Phi) is 4.72. The van der Waals surface area contributed by atoms with Gasteiger partial charge in [-0.25, -0.2) is 0 Å². The lowest BCUT2D eigenvalue weighted by atomic mass is 9.84. The first-order valence-corrected chi connectivity index (χ1v) is 12.7. The molecular weight excluding hydrogens is 434 g/mol. The van der Waals surface area contributed by atoms with E-state index in [0.29, 0.717) is 0 Å². The van der Waals surface area contributed by atoms with Crippen LogP contribution in [0, 0.1) is 6.92 Å². The van der Waals surface area contributed by atoms with Crippen molar-refractivity contribution in [3.63, 3.8) is 0 Å². The van der Waals surface area contributed by atoms with Crippen LogP contribution in [0.2, 0.25) is 0 Å². The van der Waals surface area contributed by atoms with Crippen LogP contribution in [0.3, 0.4) is 0 Å². The highest BCUT2D eigenvalue weighted by Gasteiger charge is 2.18. The van der Waals surface area contributed by atoms with Crippen LogP contribution in [0.25, 0.3) is 43.1 Å². The Balaban J connectivity index is 1.39. The summed E-state index contributed by atoms with van der Waals surface area (Å²) in [6.45, 7) is 4.47. The lowest BCUT2D eigenvalue weighted by molar-refractivity contribution is 0.945. The van der Waals surface area contributed by atoms with Gasteiger partial charge in [0.15, 0.2) is 0 Å². The lowest BCUT2D eigenvalue weighted by Crippen LogP contribution is -2.01. The van der Waals surface area contributed by atoms with E-state index in [1.807, 2.05) is 0 Å². The summed E-state index contributed by atoms with van der Waals surface area (Å²) in [7, 11) is 0. The molecule has 7 aromatic rings. The third-order valence-electron chi connectivity index (χ3n) is 7.78. The second kappa shape index (κ2) is 8.10. The van der Waals surface area contributed by atoms with Crippen LogP contribution >= 0.6 is 0 Å². The summed E-state index contributed by atoms with van der Waals surface area (Å²) in [5.74, 6) is 0.257. The number of benzene rings is 7. The maximum atomic E-state index is 3.64. The molecule has 1 heteroatoms. The average Bonchev–Trinajstić information content (AvgIpc) is 2.93. The molecule has 1 N–H and O–H groups in total. The van der Waals surface area contributed by atoms with Crippen LogP contribution in [0.15, 0.2) is 115 Å². The number of rotatable bonds is 4. The SMILES string of the molecule is Cc1ccc(Nc2ccc(C(C)c3ccc4ccc5cccc6ccc3c4c56)c3ccccc23)cc1. The van der Waals surface area contributed by atoms with Crippen molar-refractivity contribution in [3.8, 4) is 0 Å². The molecule has 0 radical (unpaired) electrons. The highest BCUT2D eigenvalue weighted by atomic mass is 14.9. The largest absolute Gasteiger partial charge is 0.355 e. The number of fused-ring (bicyclic) bond motifs is 1. The highest BCUT2D eigenvalue weighted by Crippen LogP contribution is 2.41. The third kappa shape index (κ3) is 3.24. The summed E-state index contributed by atoms with van der Waals surface area (Å²) in [4.78, 5) is 0. The van der Waals surface area contributed by atoms with Crippen LogP contribution in [0.5, 0.6) is 0 Å². The zero-order valence-corrected chi connectivity index (χ0v) is 20.5. The molecule has 0 aliphatic heterocycles. The van der Waals surface area contributed by atoms with Gasteiger partial charge in [-0.3, -0.25) is 0 Å². The molecule has 7 rings (SSSR count). The first-order valence-electron chi connectivity index (χ1n) is 12.7. The van der Waals surface area contributed by atoms with Gasteiger partial charge in [0.25, 0.3) is 0 Å². The molecular formula is C35H27N. The molecule has 0 fully saturated rings. The van der Waals surface area contributed by atoms with E-state index >= 15 is 0 Å². The van der Waals surface area contributed by atoms with E-state index in [4.69, 9.17) is 0 Å². The van der Waals surface area contributed by atoms with Gasteiger partial charge >= 0.3 is 0 Å². The van der Waals surface area contributed by atoms with Crippen LogP contribution in [0.1, 0.15) is 29.5 Å². The van der Waals surface area contributed by atoms with Gasteiger partial charge in [0.1, 0.15) is 0 Å². The average molecular weight is 462 g/mol. The normalized spacial score (nSPS) is 12.6. The van der Waals surface area contributed by atoms with Crippen molar-refractivity contribution < 1.29 is 0 Å². The second-order valence-electron chi connectivity index (χ2n) is 9.97. The minimum Gasteiger partial charge on any atom is -0.355 e. The van der Waals surface area contributed by atoms with E-state index in [-0.39, 0.29) is 5.92 Å². The molecule has 1 nitrogen and oxygen atoms in total. The van der Waals surface area contributed by atoms with Crippen molar-refractivity contribution in [1.82, 2.24) is 0 Å². The molecule has 0 spiro atoms. The molecule has 36 heavy (non-hydrogen) atoms. The van der Waals surface area contributed by atoms with Gasteiger partial charge in [-0.2, -0.15) is 0 Å². The maximum Gasteiger partial charge on any atom is 0.0464 e. The Bertz CT molecular complexity index is 1860. The van der Waals surface area contributed by atoms with Crippen molar-refractivity contribution in [2.24, 2.45) is 0 Å². The Labute approximate surface area is 211 Å². The van der Waals surface area contributed by atoms with Gasteiger partial charge in [0, 0.05) is 22.7 Å². The van der Waals surface area contributed by atoms with E-state index in [2.05, 4.69) is 134 Å². The van der Waals surface area contributed by atoms with Crippen molar-refractivity contribution >= 4 is 54.5 Å². The second-order valence-corrected chi connectivity index (χ2v) is 9.97. The van der Waals surface area contributed by atoms with Crippen molar-refractivity contribution in [1.29, 1.82) is 0 Å². The van der Waals surface area contributed by atoms with E-state index < -0.39 is 0 Å². The van der Waals surface area contributed by atoms with Crippen LogP contribution in [0.4, 0.5) is 11.4 Å². The lowest BCUT2D eigenvalue weighted by Gasteiger charge is -2.21. The first-order chi connectivity index (χ1) is 17.7. The minimum atomic E-state index is 0.257. The summed E-state index contributed by atoms with van der Waals surface area (Å²) in [5.41, 5.74) is 6.25. The van der Waals surface area contributed by atoms with Crippen LogP contribution < -0.4 is 5.32 Å². The van der Waals surface area contributed by atoms with Crippen molar-refractivity contribution in [2.75, 3.05) is 5.32 Å². The smallest absolute Gasteiger partial charge is 0.0464 e. The van der Waals surface area contributed by atoms with Gasteiger partial charge in [-0.05, 0) is 74.0 Å². The molecule has 0 aliphatic carbocycles. The Morgan fingerprint density at radius 1 is 0.500 bits per heavy atom. The Morgan fingerprint density at radius 3 is 1.89 bits per heavy atom.